The van der Waals surface area contributed by atoms with Crippen molar-refractivity contribution < 1.29 is 28.4 Å². The molecule has 2 aromatic carbocycles. The van der Waals surface area contributed by atoms with Crippen molar-refractivity contribution in [2.45, 2.75) is 12.2 Å². The molecule has 134 valence electrons. The van der Waals surface area contributed by atoms with Crippen molar-refractivity contribution in [2.24, 2.45) is 11.8 Å². The molecule has 0 aromatic heterocycles. The standard InChI is InChI=1S/C20H18O6/c1-3-15-17(25-9-23-15)5-11(1)19-13-7-22-20(14(13)8-21-19)12-2-4-16-18(6-12)26-10-24-16/h1-6,13-14,19-20H,7-10H2/t13-,14-,19+,20?/m1/s1. The van der Waals surface area contributed by atoms with Gasteiger partial charge in [-0.2, -0.15) is 0 Å². The molecule has 4 aliphatic heterocycles. The number of hydrogen-bond acceptors (Lipinski definition) is 6. The molecular weight excluding hydrogens is 336 g/mol. The lowest BCUT2D eigenvalue weighted by Crippen LogP contribution is -2.14. The molecule has 4 heterocycles. The fourth-order valence-electron chi connectivity index (χ4n) is 4.41. The summed E-state index contributed by atoms with van der Waals surface area (Å²) in [6.07, 6.45) is 0.0435. The second-order valence-corrected chi connectivity index (χ2v) is 7.06. The lowest BCUT2D eigenvalue weighted by molar-refractivity contribution is 0.0192. The summed E-state index contributed by atoms with van der Waals surface area (Å²) in [7, 11) is 0. The Labute approximate surface area is 150 Å². The zero-order valence-electron chi connectivity index (χ0n) is 14.1. The molecule has 0 saturated carbocycles. The van der Waals surface area contributed by atoms with Crippen molar-refractivity contribution in [3.63, 3.8) is 0 Å². The molecule has 0 N–H and O–H groups in total. The Balaban J connectivity index is 1.27. The van der Waals surface area contributed by atoms with Gasteiger partial charge in [-0.1, -0.05) is 12.1 Å². The van der Waals surface area contributed by atoms with E-state index in [4.69, 9.17) is 28.4 Å². The normalized spacial score (nSPS) is 30.6. The molecule has 6 rings (SSSR count). The van der Waals surface area contributed by atoms with Gasteiger partial charge in [0.05, 0.1) is 25.4 Å². The maximum atomic E-state index is 6.18. The number of hydrogen-bond donors (Lipinski definition) is 0. The molecule has 26 heavy (non-hydrogen) atoms. The summed E-state index contributed by atoms with van der Waals surface area (Å²) in [5.74, 6) is 3.83. The second-order valence-electron chi connectivity index (χ2n) is 7.06. The first kappa shape index (κ1) is 14.7. The fraction of sp³-hybridized carbons (Fsp3) is 0.400. The third kappa shape index (κ3) is 2.12. The van der Waals surface area contributed by atoms with Gasteiger partial charge in [-0.25, -0.2) is 0 Å². The van der Waals surface area contributed by atoms with Crippen molar-refractivity contribution in [2.75, 3.05) is 26.8 Å². The predicted molar refractivity (Wildman–Crippen MR) is 89.5 cm³/mol. The molecule has 0 aliphatic carbocycles. The van der Waals surface area contributed by atoms with Gasteiger partial charge in [0.1, 0.15) is 0 Å². The van der Waals surface area contributed by atoms with E-state index in [1.165, 1.54) is 0 Å². The molecule has 1 unspecified atom stereocenters. The van der Waals surface area contributed by atoms with E-state index in [-0.39, 0.29) is 25.8 Å². The predicted octanol–water partition coefficient (Wildman–Crippen LogP) is 3.22. The quantitative estimate of drug-likeness (QED) is 0.825. The summed E-state index contributed by atoms with van der Waals surface area (Å²) in [6.45, 7) is 1.93. The van der Waals surface area contributed by atoms with Crippen LogP contribution in [0.2, 0.25) is 0 Å². The van der Waals surface area contributed by atoms with Crippen LogP contribution in [0.3, 0.4) is 0 Å². The molecule has 0 amide bonds. The maximum Gasteiger partial charge on any atom is 0.231 e. The minimum absolute atomic E-state index is 0.0218. The fourth-order valence-corrected chi connectivity index (χ4v) is 4.41. The van der Waals surface area contributed by atoms with Crippen molar-refractivity contribution in [3.05, 3.63) is 47.5 Å². The zero-order chi connectivity index (χ0) is 17.1. The highest BCUT2D eigenvalue weighted by molar-refractivity contribution is 5.46. The van der Waals surface area contributed by atoms with E-state index in [2.05, 4.69) is 12.1 Å². The van der Waals surface area contributed by atoms with Gasteiger partial charge in [-0.05, 0) is 35.4 Å². The van der Waals surface area contributed by atoms with E-state index >= 15 is 0 Å². The Morgan fingerprint density at radius 1 is 0.577 bits per heavy atom. The first-order valence-electron chi connectivity index (χ1n) is 8.89. The second kappa shape index (κ2) is 5.53. The molecule has 2 aromatic rings. The van der Waals surface area contributed by atoms with Crippen molar-refractivity contribution in [1.29, 1.82) is 0 Å². The van der Waals surface area contributed by atoms with Crippen LogP contribution in [0.4, 0.5) is 0 Å². The Morgan fingerprint density at radius 3 is 1.54 bits per heavy atom. The van der Waals surface area contributed by atoms with Crippen molar-refractivity contribution in [3.8, 4) is 23.0 Å². The van der Waals surface area contributed by atoms with E-state index in [1.807, 2.05) is 24.3 Å². The summed E-state index contributed by atoms with van der Waals surface area (Å²) in [5.41, 5.74) is 2.24. The van der Waals surface area contributed by atoms with Crippen LogP contribution in [0.15, 0.2) is 36.4 Å². The smallest absolute Gasteiger partial charge is 0.231 e. The van der Waals surface area contributed by atoms with Gasteiger partial charge in [0.15, 0.2) is 23.0 Å². The van der Waals surface area contributed by atoms with Crippen molar-refractivity contribution in [1.82, 2.24) is 0 Å². The minimum atomic E-state index is 0.0218. The molecule has 0 radical (unpaired) electrons. The molecule has 2 saturated heterocycles. The van der Waals surface area contributed by atoms with Crippen LogP contribution >= 0.6 is 0 Å². The molecule has 0 bridgehead atoms. The molecular formula is C20H18O6. The van der Waals surface area contributed by atoms with E-state index in [9.17, 15) is 0 Å². The number of benzene rings is 2. The van der Waals surface area contributed by atoms with Crippen LogP contribution in [0, 0.1) is 11.8 Å². The molecule has 4 atom stereocenters. The van der Waals surface area contributed by atoms with Crippen LogP contribution in [-0.2, 0) is 9.47 Å². The number of rotatable bonds is 2. The van der Waals surface area contributed by atoms with Gasteiger partial charge in [0.2, 0.25) is 13.6 Å². The SMILES string of the molecule is c1cc2c(cc1C1OC[C@H]3[C@H](c4ccc5c(c4)OCO5)OC[C@@H]13)OCO2. The third-order valence-corrected chi connectivity index (χ3v) is 5.71. The Hall–Kier alpha value is -2.44. The van der Waals surface area contributed by atoms with Gasteiger partial charge in [0.25, 0.3) is 0 Å². The first-order chi connectivity index (χ1) is 12.9. The number of fused-ring (bicyclic) bond motifs is 3. The van der Waals surface area contributed by atoms with Crippen LogP contribution in [-0.4, -0.2) is 26.8 Å². The maximum absolute atomic E-state index is 6.18. The van der Waals surface area contributed by atoms with Crippen LogP contribution in [0.1, 0.15) is 23.3 Å². The molecule has 2 fully saturated rings. The molecule has 6 heteroatoms. The van der Waals surface area contributed by atoms with E-state index < -0.39 is 0 Å². The highest BCUT2D eigenvalue weighted by Gasteiger charge is 2.48. The highest BCUT2D eigenvalue weighted by Crippen LogP contribution is 2.52. The Bertz CT molecular complexity index is 794. The van der Waals surface area contributed by atoms with Crippen LogP contribution in [0.5, 0.6) is 23.0 Å². The van der Waals surface area contributed by atoms with Gasteiger partial charge in [-0.15, -0.1) is 0 Å². The molecule has 6 nitrogen and oxygen atoms in total. The van der Waals surface area contributed by atoms with Crippen molar-refractivity contribution >= 4 is 0 Å². The van der Waals surface area contributed by atoms with Gasteiger partial charge >= 0.3 is 0 Å². The Morgan fingerprint density at radius 2 is 1.04 bits per heavy atom. The summed E-state index contributed by atoms with van der Waals surface area (Å²) in [4.78, 5) is 0. The van der Waals surface area contributed by atoms with E-state index in [0.29, 0.717) is 25.0 Å². The summed E-state index contributed by atoms with van der Waals surface area (Å²) < 4.78 is 34.2. The monoisotopic (exact) mass is 354 g/mol. The van der Waals surface area contributed by atoms with Gasteiger partial charge < -0.3 is 28.4 Å². The van der Waals surface area contributed by atoms with Crippen LogP contribution < -0.4 is 18.9 Å². The van der Waals surface area contributed by atoms with E-state index in [0.717, 1.165) is 34.1 Å². The van der Waals surface area contributed by atoms with Gasteiger partial charge in [-0.3, -0.25) is 0 Å². The summed E-state index contributed by atoms with van der Waals surface area (Å²) in [6, 6.07) is 12.1. The number of ether oxygens (including phenoxy) is 6. The lowest BCUT2D eigenvalue weighted by atomic mass is 9.85. The third-order valence-electron chi connectivity index (χ3n) is 5.71. The summed E-state index contributed by atoms with van der Waals surface area (Å²) in [5, 5.41) is 0. The highest BCUT2D eigenvalue weighted by atomic mass is 16.7. The zero-order valence-corrected chi connectivity index (χ0v) is 14.1. The van der Waals surface area contributed by atoms with Gasteiger partial charge in [0, 0.05) is 11.8 Å². The average Bonchev–Trinajstić information content (AvgIpc) is 3.42. The Kier molecular flexibility index (Phi) is 3.12. The molecule has 0 spiro atoms. The average molecular weight is 354 g/mol. The van der Waals surface area contributed by atoms with Crippen LogP contribution in [0.25, 0.3) is 0 Å². The summed E-state index contributed by atoms with van der Waals surface area (Å²) >= 11 is 0. The lowest BCUT2D eigenvalue weighted by Gasteiger charge is -2.17. The molecule has 4 aliphatic rings. The van der Waals surface area contributed by atoms with E-state index in [1.54, 1.807) is 0 Å². The largest absolute Gasteiger partial charge is 0.454 e. The first-order valence-corrected chi connectivity index (χ1v) is 8.89. The minimum Gasteiger partial charge on any atom is -0.454 e. The topological polar surface area (TPSA) is 55.4 Å².